The molecule has 2 N–H and O–H groups in total. The summed E-state index contributed by atoms with van der Waals surface area (Å²) < 4.78 is 0. The molecule has 2 aromatic rings. The number of hydrogen-bond acceptors (Lipinski definition) is 1. The third kappa shape index (κ3) is 3.95. The van der Waals surface area contributed by atoms with Crippen molar-refractivity contribution in [1.82, 2.24) is 0 Å². The number of aryl methyl sites for hydroxylation is 1. The van der Waals surface area contributed by atoms with Crippen molar-refractivity contribution in [2.24, 2.45) is 5.73 Å². The van der Waals surface area contributed by atoms with Crippen molar-refractivity contribution in [3.63, 3.8) is 0 Å². The summed E-state index contributed by atoms with van der Waals surface area (Å²) in [4.78, 5) is 0. The smallest absolute Gasteiger partial charge is 0.0335 e. The molecule has 0 bridgehead atoms. The second kappa shape index (κ2) is 6.44. The second-order valence-corrected chi connectivity index (χ2v) is 6.66. The van der Waals surface area contributed by atoms with Gasteiger partial charge in [-0.1, -0.05) is 74.9 Å². The van der Waals surface area contributed by atoms with Gasteiger partial charge in [0.1, 0.15) is 0 Å². The lowest BCUT2D eigenvalue weighted by Crippen LogP contribution is -2.17. The van der Waals surface area contributed by atoms with Gasteiger partial charge in [-0.05, 0) is 41.9 Å². The molecule has 0 spiro atoms. The maximum Gasteiger partial charge on any atom is 0.0335 e. The van der Waals surface area contributed by atoms with Crippen LogP contribution in [0.25, 0.3) is 0 Å². The minimum absolute atomic E-state index is 0.0607. The summed E-state index contributed by atoms with van der Waals surface area (Å²) in [5.74, 6) is 0. The van der Waals surface area contributed by atoms with Crippen LogP contribution in [0.3, 0.4) is 0 Å². The highest BCUT2D eigenvalue weighted by molar-refractivity contribution is 5.31. The van der Waals surface area contributed by atoms with E-state index in [-0.39, 0.29) is 11.5 Å². The highest BCUT2D eigenvalue weighted by Gasteiger charge is 2.18. The standard InChI is InChI=1S/C20H27N/c1-5-20(3,4)18-11-9-17(10-12-18)19(21)14-16-8-6-7-15(2)13-16/h6-13,19H,5,14,21H2,1-4H3. The van der Waals surface area contributed by atoms with Gasteiger partial charge in [-0.2, -0.15) is 0 Å². The topological polar surface area (TPSA) is 26.0 Å². The summed E-state index contributed by atoms with van der Waals surface area (Å²) in [7, 11) is 0. The highest BCUT2D eigenvalue weighted by atomic mass is 14.6. The lowest BCUT2D eigenvalue weighted by atomic mass is 9.81. The van der Waals surface area contributed by atoms with E-state index in [1.54, 1.807) is 0 Å². The molecule has 1 atom stereocenters. The Bertz CT molecular complexity index is 581. The molecule has 1 heteroatoms. The zero-order valence-electron chi connectivity index (χ0n) is 13.7. The van der Waals surface area contributed by atoms with Crippen LogP contribution in [-0.4, -0.2) is 0 Å². The van der Waals surface area contributed by atoms with Crippen LogP contribution in [0.2, 0.25) is 0 Å². The largest absolute Gasteiger partial charge is 0.324 e. The van der Waals surface area contributed by atoms with Gasteiger partial charge < -0.3 is 5.73 Å². The molecule has 0 aromatic heterocycles. The first-order valence-corrected chi connectivity index (χ1v) is 7.84. The van der Waals surface area contributed by atoms with E-state index in [9.17, 15) is 0 Å². The van der Waals surface area contributed by atoms with Crippen molar-refractivity contribution in [2.75, 3.05) is 0 Å². The normalized spacial score (nSPS) is 13.2. The fourth-order valence-corrected chi connectivity index (χ4v) is 2.60. The van der Waals surface area contributed by atoms with Crippen LogP contribution in [0.4, 0.5) is 0 Å². The Hall–Kier alpha value is -1.60. The fraction of sp³-hybridized carbons (Fsp3) is 0.400. The van der Waals surface area contributed by atoms with Crippen LogP contribution in [0.5, 0.6) is 0 Å². The Morgan fingerprint density at radius 1 is 1.05 bits per heavy atom. The van der Waals surface area contributed by atoms with E-state index in [1.165, 1.54) is 22.3 Å². The maximum atomic E-state index is 6.37. The van der Waals surface area contributed by atoms with E-state index < -0.39 is 0 Å². The lowest BCUT2D eigenvalue weighted by molar-refractivity contribution is 0.506. The molecular weight excluding hydrogens is 254 g/mol. The first-order valence-electron chi connectivity index (χ1n) is 7.84. The monoisotopic (exact) mass is 281 g/mol. The molecule has 112 valence electrons. The van der Waals surface area contributed by atoms with E-state index >= 15 is 0 Å². The molecule has 0 saturated carbocycles. The molecule has 0 radical (unpaired) electrons. The van der Waals surface area contributed by atoms with E-state index in [1.807, 2.05) is 0 Å². The zero-order chi connectivity index (χ0) is 15.5. The number of rotatable bonds is 5. The first-order chi connectivity index (χ1) is 9.92. The van der Waals surface area contributed by atoms with Gasteiger partial charge in [0.2, 0.25) is 0 Å². The fourth-order valence-electron chi connectivity index (χ4n) is 2.60. The summed E-state index contributed by atoms with van der Waals surface area (Å²) in [6.45, 7) is 8.93. The second-order valence-electron chi connectivity index (χ2n) is 6.66. The molecule has 0 aliphatic carbocycles. The molecule has 2 aromatic carbocycles. The quantitative estimate of drug-likeness (QED) is 0.826. The summed E-state index contributed by atoms with van der Waals surface area (Å²) in [5.41, 5.74) is 11.8. The van der Waals surface area contributed by atoms with Gasteiger partial charge in [-0.25, -0.2) is 0 Å². The van der Waals surface area contributed by atoms with Crippen molar-refractivity contribution < 1.29 is 0 Å². The van der Waals surface area contributed by atoms with Crippen molar-refractivity contribution in [3.8, 4) is 0 Å². The Labute approximate surface area is 129 Å². The Morgan fingerprint density at radius 2 is 1.71 bits per heavy atom. The number of benzene rings is 2. The third-order valence-corrected chi connectivity index (χ3v) is 4.54. The molecule has 21 heavy (non-hydrogen) atoms. The highest BCUT2D eigenvalue weighted by Crippen LogP contribution is 2.28. The van der Waals surface area contributed by atoms with E-state index in [2.05, 4.69) is 76.2 Å². The van der Waals surface area contributed by atoms with Gasteiger partial charge in [-0.3, -0.25) is 0 Å². The maximum absolute atomic E-state index is 6.37. The van der Waals surface area contributed by atoms with Crippen molar-refractivity contribution in [3.05, 3.63) is 70.8 Å². The minimum Gasteiger partial charge on any atom is -0.324 e. The molecule has 1 nitrogen and oxygen atoms in total. The molecule has 0 aliphatic rings. The van der Waals surface area contributed by atoms with E-state index in [4.69, 9.17) is 5.73 Å². The van der Waals surface area contributed by atoms with Crippen LogP contribution >= 0.6 is 0 Å². The van der Waals surface area contributed by atoms with Crippen LogP contribution in [0.15, 0.2) is 48.5 Å². The predicted octanol–water partition coefficient (Wildman–Crippen LogP) is 4.93. The molecule has 0 heterocycles. The van der Waals surface area contributed by atoms with Crippen molar-refractivity contribution in [2.45, 2.75) is 52.0 Å². The van der Waals surface area contributed by atoms with E-state index in [0.29, 0.717) is 0 Å². The average Bonchev–Trinajstić information content (AvgIpc) is 2.47. The van der Waals surface area contributed by atoms with Gasteiger partial charge in [0.15, 0.2) is 0 Å². The summed E-state index contributed by atoms with van der Waals surface area (Å²) in [6.07, 6.45) is 2.03. The Morgan fingerprint density at radius 3 is 2.29 bits per heavy atom. The molecule has 0 aliphatic heterocycles. The number of nitrogens with two attached hydrogens (primary N) is 1. The summed E-state index contributed by atoms with van der Waals surface area (Å²) >= 11 is 0. The van der Waals surface area contributed by atoms with Crippen molar-refractivity contribution in [1.29, 1.82) is 0 Å². The summed E-state index contributed by atoms with van der Waals surface area (Å²) in [6, 6.07) is 17.5. The predicted molar refractivity (Wildman–Crippen MR) is 91.6 cm³/mol. The van der Waals surface area contributed by atoms with Crippen LogP contribution < -0.4 is 5.73 Å². The average molecular weight is 281 g/mol. The SMILES string of the molecule is CCC(C)(C)c1ccc(C(N)Cc2cccc(C)c2)cc1. The molecular formula is C20H27N. The molecule has 0 saturated heterocycles. The lowest BCUT2D eigenvalue weighted by Gasteiger charge is -2.24. The minimum atomic E-state index is 0.0607. The molecule has 0 amide bonds. The van der Waals surface area contributed by atoms with Crippen LogP contribution in [-0.2, 0) is 11.8 Å². The van der Waals surface area contributed by atoms with Crippen LogP contribution in [0, 0.1) is 6.92 Å². The van der Waals surface area contributed by atoms with Gasteiger partial charge in [-0.15, -0.1) is 0 Å². The zero-order valence-corrected chi connectivity index (χ0v) is 13.7. The molecule has 1 unspecified atom stereocenters. The Balaban J connectivity index is 2.11. The van der Waals surface area contributed by atoms with E-state index in [0.717, 1.165) is 12.8 Å². The van der Waals surface area contributed by atoms with Crippen LogP contribution in [0.1, 0.15) is 55.5 Å². The number of hydrogen-bond donors (Lipinski definition) is 1. The van der Waals surface area contributed by atoms with Gasteiger partial charge >= 0.3 is 0 Å². The van der Waals surface area contributed by atoms with Gasteiger partial charge in [0.25, 0.3) is 0 Å². The first kappa shape index (κ1) is 15.8. The molecule has 2 rings (SSSR count). The van der Waals surface area contributed by atoms with Gasteiger partial charge in [0, 0.05) is 6.04 Å². The Kier molecular flexibility index (Phi) is 4.84. The molecule has 0 fully saturated rings. The summed E-state index contributed by atoms with van der Waals surface area (Å²) in [5, 5.41) is 0. The van der Waals surface area contributed by atoms with Gasteiger partial charge in [0.05, 0.1) is 0 Å². The van der Waals surface area contributed by atoms with Crippen molar-refractivity contribution >= 4 is 0 Å². The third-order valence-electron chi connectivity index (χ3n) is 4.54.